The van der Waals surface area contributed by atoms with Crippen LogP contribution in [0.25, 0.3) is 0 Å². The number of hydrogen-bond donors (Lipinski definition) is 2. The first-order valence-corrected chi connectivity index (χ1v) is 7.00. The molecule has 2 rings (SSSR count). The van der Waals surface area contributed by atoms with Crippen LogP contribution in [0.1, 0.15) is 35.0 Å². The second-order valence-corrected chi connectivity index (χ2v) is 6.17. The molecule has 0 aromatic carbocycles. The summed E-state index contributed by atoms with van der Waals surface area (Å²) in [5.74, 6) is 0.407. The lowest BCUT2D eigenvalue weighted by Crippen LogP contribution is -2.53. The molecule has 1 aromatic rings. The summed E-state index contributed by atoms with van der Waals surface area (Å²) < 4.78 is 0. The maximum Gasteiger partial charge on any atom is 0.263 e. The Bertz CT molecular complexity index is 442. The number of carbonyl (C=O) groups excluding carboxylic acids is 1. The molecule has 1 amide bonds. The van der Waals surface area contributed by atoms with Crippen LogP contribution in [-0.4, -0.2) is 18.0 Å². The highest BCUT2D eigenvalue weighted by molar-refractivity contribution is 7.13. The third kappa shape index (κ3) is 2.49. The summed E-state index contributed by atoms with van der Waals surface area (Å²) in [5, 5.41) is 5.49. The van der Waals surface area contributed by atoms with Crippen LogP contribution < -0.4 is 11.1 Å². The van der Waals surface area contributed by atoms with E-state index in [4.69, 9.17) is 17.3 Å². The van der Waals surface area contributed by atoms with Gasteiger partial charge in [-0.05, 0) is 43.6 Å². The molecular weight excluding hydrogens is 256 g/mol. The molecule has 1 unspecified atom stereocenters. The topological polar surface area (TPSA) is 55.1 Å². The zero-order valence-electron chi connectivity index (χ0n) is 10.0. The molecule has 1 saturated carbocycles. The van der Waals surface area contributed by atoms with E-state index in [0.29, 0.717) is 22.4 Å². The normalized spacial score (nSPS) is 18.8. The molecule has 0 saturated heterocycles. The van der Waals surface area contributed by atoms with Crippen LogP contribution in [0.2, 0.25) is 5.02 Å². The van der Waals surface area contributed by atoms with Crippen molar-refractivity contribution >= 4 is 28.8 Å². The van der Waals surface area contributed by atoms with E-state index >= 15 is 0 Å². The number of hydrogen-bond acceptors (Lipinski definition) is 3. The van der Waals surface area contributed by atoms with E-state index in [0.717, 1.165) is 18.4 Å². The second-order valence-electron chi connectivity index (χ2n) is 4.91. The lowest BCUT2D eigenvalue weighted by atomic mass is 9.96. The number of aryl methyl sites for hydroxylation is 1. The summed E-state index contributed by atoms with van der Waals surface area (Å²) in [5.41, 5.74) is 6.43. The summed E-state index contributed by atoms with van der Waals surface area (Å²) in [6, 6.07) is 0. The molecule has 1 heterocycles. The van der Waals surface area contributed by atoms with Crippen LogP contribution in [0.4, 0.5) is 0 Å². The predicted octanol–water partition coefficient (Wildman–Crippen LogP) is 2.57. The molecule has 3 N–H and O–H groups in total. The maximum absolute atomic E-state index is 12.1. The number of thiophene rings is 1. The van der Waals surface area contributed by atoms with Gasteiger partial charge >= 0.3 is 0 Å². The number of halogens is 1. The Hall–Kier alpha value is -0.580. The molecule has 1 fully saturated rings. The average molecular weight is 273 g/mol. The predicted molar refractivity (Wildman–Crippen MR) is 71.7 cm³/mol. The number of amides is 1. The van der Waals surface area contributed by atoms with Crippen molar-refractivity contribution in [3.8, 4) is 0 Å². The third-order valence-electron chi connectivity index (χ3n) is 3.41. The van der Waals surface area contributed by atoms with E-state index in [-0.39, 0.29) is 11.4 Å². The van der Waals surface area contributed by atoms with Gasteiger partial charge in [-0.1, -0.05) is 11.6 Å². The van der Waals surface area contributed by atoms with Crippen molar-refractivity contribution in [1.82, 2.24) is 5.32 Å². The minimum absolute atomic E-state index is 0.104. The molecule has 1 aliphatic rings. The summed E-state index contributed by atoms with van der Waals surface area (Å²) >= 11 is 7.47. The molecule has 17 heavy (non-hydrogen) atoms. The van der Waals surface area contributed by atoms with Gasteiger partial charge in [0.15, 0.2) is 0 Å². The van der Waals surface area contributed by atoms with E-state index in [1.165, 1.54) is 11.3 Å². The lowest BCUT2D eigenvalue weighted by molar-refractivity contribution is 0.0902. The van der Waals surface area contributed by atoms with Crippen molar-refractivity contribution in [1.29, 1.82) is 0 Å². The lowest BCUT2D eigenvalue weighted by Gasteiger charge is -2.29. The molecular formula is C12H17ClN2OS. The zero-order chi connectivity index (χ0) is 12.6. The molecule has 5 heteroatoms. The molecule has 3 nitrogen and oxygen atoms in total. The Morgan fingerprint density at radius 2 is 2.35 bits per heavy atom. The SMILES string of the molecule is Cc1csc(C(=O)NC(C)(CN)C2CC2)c1Cl. The number of nitrogens with one attached hydrogen (secondary N) is 1. The van der Waals surface area contributed by atoms with Gasteiger partial charge in [0.05, 0.1) is 10.6 Å². The Morgan fingerprint density at radius 1 is 1.71 bits per heavy atom. The van der Waals surface area contributed by atoms with E-state index in [1.54, 1.807) is 0 Å². The minimum atomic E-state index is -0.293. The average Bonchev–Trinajstić information content (AvgIpc) is 3.08. The maximum atomic E-state index is 12.1. The second kappa shape index (κ2) is 4.59. The standard InChI is InChI=1S/C12H17ClN2OS/c1-7-5-17-10(9(7)13)11(16)15-12(2,6-14)8-3-4-8/h5,8H,3-4,6,14H2,1-2H3,(H,15,16). The number of rotatable bonds is 4. The number of nitrogens with two attached hydrogens (primary N) is 1. The quantitative estimate of drug-likeness (QED) is 0.885. The monoisotopic (exact) mass is 272 g/mol. The smallest absolute Gasteiger partial charge is 0.263 e. The van der Waals surface area contributed by atoms with E-state index < -0.39 is 0 Å². The Labute approximate surface area is 110 Å². The number of carbonyl (C=O) groups is 1. The van der Waals surface area contributed by atoms with Gasteiger partial charge in [-0.15, -0.1) is 11.3 Å². The van der Waals surface area contributed by atoms with E-state index in [9.17, 15) is 4.79 Å². The summed E-state index contributed by atoms with van der Waals surface area (Å²) in [4.78, 5) is 12.7. The van der Waals surface area contributed by atoms with Crippen molar-refractivity contribution in [2.24, 2.45) is 11.7 Å². The van der Waals surface area contributed by atoms with Crippen LogP contribution in [0.15, 0.2) is 5.38 Å². The molecule has 0 spiro atoms. The summed E-state index contributed by atoms with van der Waals surface area (Å²) in [6.45, 7) is 4.38. The first-order chi connectivity index (χ1) is 7.98. The fourth-order valence-corrected chi connectivity index (χ4v) is 3.11. The molecule has 1 aromatic heterocycles. The highest BCUT2D eigenvalue weighted by Crippen LogP contribution is 2.39. The first-order valence-electron chi connectivity index (χ1n) is 5.74. The van der Waals surface area contributed by atoms with Gasteiger partial charge in [0.25, 0.3) is 5.91 Å². The largest absolute Gasteiger partial charge is 0.345 e. The van der Waals surface area contributed by atoms with Crippen LogP contribution in [0.3, 0.4) is 0 Å². The van der Waals surface area contributed by atoms with Gasteiger partial charge in [-0.25, -0.2) is 0 Å². The minimum Gasteiger partial charge on any atom is -0.345 e. The van der Waals surface area contributed by atoms with E-state index in [2.05, 4.69) is 5.32 Å². The van der Waals surface area contributed by atoms with Crippen LogP contribution in [0.5, 0.6) is 0 Å². The zero-order valence-corrected chi connectivity index (χ0v) is 11.6. The first kappa shape index (κ1) is 12.9. The highest BCUT2D eigenvalue weighted by atomic mass is 35.5. The van der Waals surface area contributed by atoms with Gasteiger partial charge in [0, 0.05) is 6.54 Å². The summed E-state index contributed by atoms with van der Waals surface area (Å²) in [6.07, 6.45) is 2.29. The van der Waals surface area contributed by atoms with Crippen LogP contribution >= 0.6 is 22.9 Å². The Morgan fingerprint density at radius 3 is 2.76 bits per heavy atom. The van der Waals surface area contributed by atoms with Crippen molar-refractivity contribution in [2.75, 3.05) is 6.54 Å². The van der Waals surface area contributed by atoms with Crippen molar-refractivity contribution in [2.45, 2.75) is 32.2 Å². The fourth-order valence-electron chi connectivity index (χ4n) is 1.94. The van der Waals surface area contributed by atoms with E-state index in [1.807, 2.05) is 19.2 Å². The van der Waals surface area contributed by atoms with Gasteiger partial charge in [0.2, 0.25) is 0 Å². The summed E-state index contributed by atoms with van der Waals surface area (Å²) in [7, 11) is 0. The van der Waals surface area contributed by atoms with Crippen LogP contribution in [0, 0.1) is 12.8 Å². The van der Waals surface area contributed by atoms with Gasteiger partial charge in [-0.2, -0.15) is 0 Å². The molecule has 0 bridgehead atoms. The molecule has 94 valence electrons. The fraction of sp³-hybridized carbons (Fsp3) is 0.583. The van der Waals surface area contributed by atoms with Gasteiger partial charge in [-0.3, -0.25) is 4.79 Å². The van der Waals surface area contributed by atoms with Crippen molar-refractivity contribution < 1.29 is 4.79 Å². The van der Waals surface area contributed by atoms with Crippen molar-refractivity contribution in [3.63, 3.8) is 0 Å². The third-order valence-corrected chi connectivity index (χ3v) is 5.10. The Kier molecular flexibility index (Phi) is 3.48. The Balaban J connectivity index is 2.13. The highest BCUT2D eigenvalue weighted by Gasteiger charge is 2.42. The molecule has 0 aliphatic heterocycles. The van der Waals surface area contributed by atoms with Gasteiger partial charge < -0.3 is 11.1 Å². The van der Waals surface area contributed by atoms with Crippen molar-refractivity contribution in [3.05, 3.63) is 20.8 Å². The van der Waals surface area contributed by atoms with Gasteiger partial charge in [0.1, 0.15) is 4.88 Å². The molecule has 0 radical (unpaired) electrons. The molecule has 1 aliphatic carbocycles. The molecule has 1 atom stereocenters. The van der Waals surface area contributed by atoms with Crippen LogP contribution in [-0.2, 0) is 0 Å².